The van der Waals surface area contributed by atoms with Crippen LogP contribution >= 0.6 is 11.6 Å². The second-order valence-electron chi connectivity index (χ2n) is 4.38. The Balaban J connectivity index is 2.54. The third-order valence-corrected chi connectivity index (χ3v) is 3.36. The summed E-state index contributed by atoms with van der Waals surface area (Å²) in [5.41, 5.74) is 1.33. The molecule has 0 spiro atoms. The zero-order valence-corrected chi connectivity index (χ0v) is 11.6. The van der Waals surface area contributed by atoms with E-state index in [1.807, 2.05) is 19.9 Å². The molecule has 2 aromatic rings. The summed E-state index contributed by atoms with van der Waals surface area (Å²) >= 11 is 6.01. The zero-order chi connectivity index (χ0) is 14.2. The van der Waals surface area contributed by atoms with Crippen LogP contribution in [-0.4, -0.2) is 7.05 Å². The molecule has 0 radical (unpaired) electrons. The maximum Gasteiger partial charge on any atom is 0.160 e. The van der Waals surface area contributed by atoms with Crippen LogP contribution in [0.15, 0.2) is 22.6 Å². The maximum absolute atomic E-state index is 13.4. The summed E-state index contributed by atoms with van der Waals surface area (Å²) in [6, 6.07) is 3.60. The first kappa shape index (κ1) is 14.0. The molecule has 102 valence electrons. The highest BCUT2D eigenvalue weighted by atomic mass is 35.5. The molecule has 2 nitrogen and oxygen atoms in total. The van der Waals surface area contributed by atoms with Gasteiger partial charge in [-0.1, -0.05) is 11.6 Å². The monoisotopic (exact) mass is 285 g/mol. The Morgan fingerprint density at radius 2 is 1.74 bits per heavy atom. The topological polar surface area (TPSA) is 25.2 Å². The van der Waals surface area contributed by atoms with Crippen LogP contribution < -0.4 is 5.32 Å². The predicted octanol–water partition coefficient (Wildman–Crippen LogP) is 4.14. The molecule has 0 aliphatic heterocycles. The van der Waals surface area contributed by atoms with Crippen molar-refractivity contribution in [2.24, 2.45) is 0 Å². The molecule has 0 saturated heterocycles. The van der Waals surface area contributed by atoms with Crippen LogP contribution in [0.2, 0.25) is 5.02 Å². The second kappa shape index (κ2) is 5.31. The van der Waals surface area contributed by atoms with E-state index < -0.39 is 11.6 Å². The van der Waals surface area contributed by atoms with Crippen molar-refractivity contribution in [1.29, 1.82) is 0 Å². The Morgan fingerprint density at radius 3 is 2.26 bits per heavy atom. The van der Waals surface area contributed by atoms with Gasteiger partial charge in [-0.3, -0.25) is 0 Å². The first-order valence-electron chi connectivity index (χ1n) is 5.82. The Labute approximate surface area is 115 Å². The normalized spacial score (nSPS) is 12.7. The quantitative estimate of drug-likeness (QED) is 0.858. The van der Waals surface area contributed by atoms with Gasteiger partial charge in [-0.25, -0.2) is 8.78 Å². The third kappa shape index (κ3) is 2.65. The molecule has 2 rings (SSSR count). The van der Waals surface area contributed by atoms with Gasteiger partial charge in [-0.15, -0.1) is 0 Å². The average molecular weight is 286 g/mol. The van der Waals surface area contributed by atoms with Gasteiger partial charge < -0.3 is 9.73 Å². The number of rotatable bonds is 3. The summed E-state index contributed by atoms with van der Waals surface area (Å²) in [5.74, 6) is -0.398. The standard InChI is InChI=1S/C14H14ClF2NO/c1-7-4-9(8(2)19-7)14(18-3)10-5-12(16)13(17)6-11(10)15/h4-6,14,18H,1-3H3. The molecule has 0 saturated carbocycles. The lowest BCUT2D eigenvalue weighted by Crippen LogP contribution is -2.18. The number of halogens is 3. The van der Waals surface area contributed by atoms with Crippen LogP contribution in [0.5, 0.6) is 0 Å². The van der Waals surface area contributed by atoms with Crippen molar-refractivity contribution in [3.63, 3.8) is 0 Å². The summed E-state index contributed by atoms with van der Waals surface area (Å²) in [7, 11) is 1.73. The van der Waals surface area contributed by atoms with E-state index in [9.17, 15) is 8.78 Å². The van der Waals surface area contributed by atoms with Crippen molar-refractivity contribution < 1.29 is 13.2 Å². The molecule has 0 amide bonds. The highest BCUT2D eigenvalue weighted by Gasteiger charge is 2.21. The maximum atomic E-state index is 13.4. The molecule has 1 aromatic carbocycles. The van der Waals surface area contributed by atoms with Crippen LogP contribution in [0.4, 0.5) is 8.78 Å². The summed E-state index contributed by atoms with van der Waals surface area (Å²) in [6.45, 7) is 3.65. The lowest BCUT2D eigenvalue weighted by molar-refractivity contribution is 0.494. The van der Waals surface area contributed by atoms with E-state index in [1.54, 1.807) is 7.05 Å². The fourth-order valence-corrected chi connectivity index (χ4v) is 2.43. The van der Waals surface area contributed by atoms with Crippen molar-refractivity contribution in [3.05, 3.63) is 57.5 Å². The minimum Gasteiger partial charge on any atom is -0.466 e. The molecule has 5 heteroatoms. The molecule has 19 heavy (non-hydrogen) atoms. The molecule has 1 atom stereocenters. The van der Waals surface area contributed by atoms with E-state index >= 15 is 0 Å². The number of benzene rings is 1. The van der Waals surface area contributed by atoms with Gasteiger partial charge in [0.1, 0.15) is 11.5 Å². The molecular formula is C14H14ClF2NO. The van der Waals surface area contributed by atoms with Gasteiger partial charge in [-0.2, -0.15) is 0 Å². The fourth-order valence-electron chi connectivity index (χ4n) is 2.17. The molecule has 0 aliphatic carbocycles. The number of furan rings is 1. The van der Waals surface area contributed by atoms with E-state index in [0.29, 0.717) is 5.56 Å². The van der Waals surface area contributed by atoms with Crippen LogP contribution in [0.25, 0.3) is 0 Å². The molecule has 1 heterocycles. The molecule has 0 bridgehead atoms. The summed E-state index contributed by atoms with van der Waals surface area (Å²) in [5, 5.41) is 3.22. The van der Waals surface area contributed by atoms with Crippen LogP contribution in [0.3, 0.4) is 0 Å². The molecule has 1 unspecified atom stereocenters. The van der Waals surface area contributed by atoms with Crippen molar-refractivity contribution in [2.45, 2.75) is 19.9 Å². The van der Waals surface area contributed by atoms with Crippen molar-refractivity contribution in [2.75, 3.05) is 7.05 Å². The van der Waals surface area contributed by atoms with Crippen LogP contribution in [0, 0.1) is 25.5 Å². The van der Waals surface area contributed by atoms with Gasteiger partial charge >= 0.3 is 0 Å². The van der Waals surface area contributed by atoms with Crippen molar-refractivity contribution >= 4 is 11.6 Å². The molecule has 0 fully saturated rings. The Morgan fingerprint density at radius 1 is 1.11 bits per heavy atom. The van der Waals surface area contributed by atoms with Crippen molar-refractivity contribution in [1.82, 2.24) is 5.32 Å². The van der Waals surface area contributed by atoms with Gasteiger partial charge in [0.2, 0.25) is 0 Å². The van der Waals surface area contributed by atoms with Crippen LogP contribution in [0.1, 0.15) is 28.7 Å². The van der Waals surface area contributed by atoms with E-state index in [-0.39, 0.29) is 11.1 Å². The molecular weight excluding hydrogens is 272 g/mol. The van der Waals surface area contributed by atoms with Gasteiger partial charge in [-0.05, 0) is 44.7 Å². The minimum absolute atomic E-state index is 0.177. The Bertz CT molecular complexity index is 610. The van der Waals surface area contributed by atoms with Gasteiger partial charge in [0, 0.05) is 10.6 Å². The SMILES string of the molecule is CNC(c1cc(F)c(F)cc1Cl)c1cc(C)oc1C. The second-order valence-corrected chi connectivity index (χ2v) is 4.79. The van der Waals surface area contributed by atoms with E-state index in [4.69, 9.17) is 16.0 Å². The molecule has 1 N–H and O–H groups in total. The number of nitrogens with one attached hydrogen (secondary N) is 1. The lowest BCUT2D eigenvalue weighted by Gasteiger charge is -2.17. The van der Waals surface area contributed by atoms with Crippen molar-refractivity contribution in [3.8, 4) is 0 Å². The minimum atomic E-state index is -0.955. The number of aryl methyl sites for hydroxylation is 2. The zero-order valence-electron chi connectivity index (χ0n) is 10.9. The Kier molecular flexibility index (Phi) is 3.92. The summed E-state index contributed by atoms with van der Waals surface area (Å²) < 4.78 is 32.0. The van der Waals surface area contributed by atoms with Crippen LogP contribution in [-0.2, 0) is 0 Å². The lowest BCUT2D eigenvalue weighted by atomic mass is 9.99. The summed E-state index contributed by atoms with van der Waals surface area (Å²) in [6.07, 6.45) is 0. The summed E-state index contributed by atoms with van der Waals surface area (Å²) in [4.78, 5) is 0. The molecule has 0 aliphatic rings. The average Bonchev–Trinajstić information content (AvgIpc) is 2.66. The number of hydrogen-bond acceptors (Lipinski definition) is 2. The fraction of sp³-hybridized carbons (Fsp3) is 0.286. The Hall–Kier alpha value is -1.39. The van der Waals surface area contributed by atoms with E-state index in [1.165, 1.54) is 0 Å². The van der Waals surface area contributed by atoms with Gasteiger partial charge in [0.05, 0.1) is 6.04 Å². The first-order valence-corrected chi connectivity index (χ1v) is 6.20. The van der Waals surface area contributed by atoms with E-state index in [0.717, 1.165) is 29.2 Å². The largest absolute Gasteiger partial charge is 0.466 e. The first-order chi connectivity index (χ1) is 8.93. The predicted molar refractivity (Wildman–Crippen MR) is 70.5 cm³/mol. The van der Waals surface area contributed by atoms with Gasteiger partial charge in [0.15, 0.2) is 11.6 Å². The highest BCUT2D eigenvalue weighted by molar-refractivity contribution is 6.31. The van der Waals surface area contributed by atoms with E-state index in [2.05, 4.69) is 5.32 Å². The van der Waals surface area contributed by atoms with Gasteiger partial charge in [0.25, 0.3) is 0 Å². The third-order valence-electron chi connectivity index (χ3n) is 3.03. The highest BCUT2D eigenvalue weighted by Crippen LogP contribution is 2.32. The number of hydrogen-bond donors (Lipinski definition) is 1. The smallest absolute Gasteiger partial charge is 0.160 e. The molecule has 1 aromatic heterocycles.